The molecule has 0 saturated carbocycles. The van der Waals surface area contributed by atoms with E-state index in [9.17, 15) is 0 Å². The number of rotatable bonds is 6. The summed E-state index contributed by atoms with van der Waals surface area (Å²) in [7, 11) is 4.92. The van der Waals surface area contributed by atoms with Gasteiger partial charge >= 0.3 is 0 Å². The SMILES string of the molecule is COc1ccc(-c2cc(CCN)ccc2OC)cc1OC. The number of methoxy groups -OCH3 is 3. The van der Waals surface area contributed by atoms with E-state index in [0.29, 0.717) is 18.0 Å². The lowest BCUT2D eigenvalue weighted by molar-refractivity contribution is 0.355. The molecule has 0 heterocycles. The average Bonchev–Trinajstić information content (AvgIpc) is 2.54. The summed E-state index contributed by atoms with van der Waals surface area (Å²) in [6.07, 6.45) is 0.838. The van der Waals surface area contributed by atoms with Gasteiger partial charge in [-0.1, -0.05) is 12.1 Å². The van der Waals surface area contributed by atoms with Gasteiger partial charge in [-0.25, -0.2) is 0 Å². The van der Waals surface area contributed by atoms with Crippen LogP contribution >= 0.6 is 0 Å². The van der Waals surface area contributed by atoms with Crippen LogP contribution in [0.25, 0.3) is 11.1 Å². The molecule has 0 fully saturated rings. The van der Waals surface area contributed by atoms with Crippen molar-refractivity contribution in [3.8, 4) is 28.4 Å². The molecule has 0 aliphatic rings. The lowest BCUT2D eigenvalue weighted by Gasteiger charge is -2.13. The highest BCUT2D eigenvalue weighted by atomic mass is 16.5. The van der Waals surface area contributed by atoms with E-state index >= 15 is 0 Å². The third-order valence-corrected chi connectivity index (χ3v) is 3.39. The molecule has 2 aromatic rings. The highest BCUT2D eigenvalue weighted by Crippen LogP contribution is 2.36. The van der Waals surface area contributed by atoms with Crippen LogP contribution in [0.4, 0.5) is 0 Å². The van der Waals surface area contributed by atoms with Crippen LogP contribution in [0, 0.1) is 0 Å². The van der Waals surface area contributed by atoms with Crippen LogP contribution in [0.2, 0.25) is 0 Å². The largest absolute Gasteiger partial charge is 0.496 e. The van der Waals surface area contributed by atoms with Crippen LogP contribution in [0.5, 0.6) is 17.2 Å². The zero-order valence-electron chi connectivity index (χ0n) is 12.7. The second kappa shape index (κ2) is 6.99. The molecule has 21 heavy (non-hydrogen) atoms. The first-order valence-corrected chi connectivity index (χ1v) is 6.82. The van der Waals surface area contributed by atoms with Crippen molar-refractivity contribution < 1.29 is 14.2 Å². The monoisotopic (exact) mass is 287 g/mol. The standard InChI is InChI=1S/C17H21NO3/c1-19-15-6-4-12(8-9-18)10-14(15)13-5-7-16(20-2)17(11-13)21-3/h4-7,10-11H,8-9,18H2,1-3H3. The fourth-order valence-corrected chi connectivity index (χ4v) is 2.31. The molecule has 2 rings (SSSR count). The van der Waals surface area contributed by atoms with Crippen molar-refractivity contribution in [3.63, 3.8) is 0 Å². The van der Waals surface area contributed by atoms with Crippen molar-refractivity contribution in [2.75, 3.05) is 27.9 Å². The van der Waals surface area contributed by atoms with Crippen LogP contribution < -0.4 is 19.9 Å². The minimum absolute atomic E-state index is 0.623. The quantitative estimate of drug-likeness (QED) is 0.887. The molecule has 4 heteroatoms. The highest BCUT2D eigenvalue weighted by molar-refractivity contribution is 5.73. The van der Waals surface area contributed by atoms with Crippen molar-refractivity contribution >= 4 is 0 Å². The van der Waals surface area contributed by atoms with Gasteiger partial charge in [0, 0.05) is 5.56 Å². The zero-order valence-corrected chi connectivity index (χ0v) is 12.7. The van der Waals surface area contributed by atoms with Crippen molar-refractivity contribution in [1.29, 1.82) is 0 Å². The highest BCUT2D eigenvalue weighted by Gasteiger charge is 2.11. The predicted octanol–water partition coefficient (Wildman–Crippen LogP) is 2.88. The molecule has 0 atom stereocenters. The van der Waals surface area contributed by atoms with Gasteiger partial charge in [-0.2, -0.15) is 0 Å². The summed E-state index contributed by atoms with van der Waals surface area (Å²) in [5.41, 5.74) is 8.85. The van der Waals surface area contributed by atoms with E-state index in [2.05, 4.69) is 6.07 Å². The first-order valence-electron chi connectivity index (χ1n) is 6.82. The van der Waals surface area contributed by atoms with Crippen molar-refractivity contribution in [2.24, 2.45) is 5.73 Å². The van der Waals surface area contributed by atoms with E-state index in [-0.39, 0.29) is 0 Å². The minimum atomic E-state index is 0.623. The number of ether oxygens (including phenoxy) is 3. The molecule has 0 unspecified atom stereocenters. The number of nitrogens with two attached hydrogens (primary N) is 1. The Morgan fingerprint density at radius 1 is 0.810 bits per heavy atom. The Bertz CT molecular complexity index is 611. The Hall–Kier alpha value is -2.20. The van der Waals surface area contributed by atoms with Gasteiger partial charge in [0.05, 0.1) is 21.3 Å². The third-order valence-electron chi connectivity index (χ3n) is 3.39. The summed E-state index contributed by atoms with van der Waals surface area (Å²) >= 11 is 0. The summed E-state index contributed by atoms with van der Waals surface area (Å²) < 4.78 is 16.1. The van der Waals surface area contributed by atoms with E-state index in [4.69, 9.17) is 19.9 Å². The zero-order chi connectivity index (χ0) is 15.2. The van der Waals surface area contributed by atoms with Crippen LogP contribution in [-0.4, -0.2) is 27.9 Å². The lowest BCUT2D eigenvalue weighted by atomic mass is 10.00. The van der Waals surface area contributed by atoms with Crippen LogP contribution in [-0.2, 0) is 6.42 Å². The summed E-state index contributed by atoms with van der Waals surface area (Å²) in [6.45, 7) is 0.623. The van der Waals surface area contributed by atoms with E-state index in [0.717, 1.165) is 23.3 Å². The van der Waals surface area contributed by atoms with Gasteiger partial charge in [0.25, 0.3) is 0 Å². The molecule has 2 aromatic carbocycles. The van der Waals surface area contributed by atoms with Gasteiger partial charge in [-0.3, -0.25) is 0 Å². The summed E-state index contributed by atoms with van der Waals surface area (Å²) in [5, 5.41) is 0. The minimum Gasteiger partial charge on any atom is -0.496 e. The maximum Gasteiger partial charge on any atom is 0.161 e. The Labute approximate surface area is 125 Å². The maximum absolute atomic E-state index is 5.64. The number of hydrogen-bond acceptors (Lipinski definition) is 4. The second-order valence-electron chi connectivity index (χ2n) is 4.64. The Morgan fingerprint density at radius 3 is 2.10 bits per heavy atom. The van der Waals surface area contributed by atoms with Gasteiger partial charge in [-0.15, -0.1) is 0 Å². The number of hydrogen-bond donors (Lipinski definition) is 1. The Kier molecular flexibility index (Phi) is 5.06. The first-order chi connectivity index (χ1) is 10.2. The smallest absolute Gasteiger partial charge is 0.161 e. The van der Waals surface area contributed by atoms with Crippen LogP contribution in [0.3, 0.4) is 0 Å². The van der Waals surface area contributed by atoms with Gasteiger partial charge < -0.3 is 19.9 Å². The van der Waals surface area contributed by atoms with Gasteiger partial charge in [0.1, 0.15) is 5.75 Å². The van der Waals surface area contributed by atoms with E-state index in [1.807, 2.05) is 30.3 Å². The summed E-state index contributed by atoms with van der Waals surface area (Å²) in [4.78, 5) is 0. The molecule has 0 saturated heterocycles. The van der Waals surface area contributed by atoms with Crippen molar-refractivity contribution in [2.45, 2.75) is 6.42 Å². The molecule has 0 bridgehead atoms. The molecule has 0 aliphatic heterocycles. The van der Waals surface area contributed by atoms with Crippen LogP contribution in [0.15, 0.2) is 36.4 Å². The predicted molar refractivity (Wildman–Crippen MR) is 84.3 cm³/mol. The molecule has 0 aromatic heterocycles. The molecule has 112 valence electrons. The van der Waals surface area contributed by atoms with Gasteiger partial charge in [0.2, 0.25) is 0 Å². The van der Waals surface area contributed by atoms with E-state index in [1.54, 1.807) is 21.3 Å². The van der Waals surface area contributed by atoms with Gasteiger partial charge in [-0.05, 0) is 48.4 Å². The van der Waals surface area contributed by atoms with Gasteiger partial charge in [0.15, 0.2) is 11.5 Å². The summed E-state index contributed by atoms with van der Waals surface area (Å²) in [6, 6.07) is 11.9. The average molecular weight is 287 g/mol. The van der Waals surface area contributed by atoms with Crippen molar-refractivity contribution in [1.82, 2.24) is 0 Å². The van der Waals surface area contributed by atoms with Crippen molar-refractivity contribution in [3.05, 3.63) is 42.0 Å². The molecule has 4 nitrogen and oxygen atoms in total. The lowest BCUT2D eigenvalue weighted by Crippen LogP contribution is -2.03. The third kappa shape index (κ3) is 3.28. The molecule has 0 spiro atoms. The number of benzene rings is 2. The molecule has 0 amide bonds. The molecular weight excluding hydrogens is 266 g/mol. The Morgan fingerprint density at radius 2 is 1.48 bits per heavy atom. The van der Waals surface area contributed by atoms with E-state index in [1.165, 1.54) is 5.56 Å². The maximum atomic E-state index is 5.64. The fraction of sp³-hybridized carbons (Fsp3) is 0.294. The normalized spacial score (nSPS) is 10.3. The molecular formula is C17H21NO3. The first kappa shape index (κ1) is 15.2. The van der Waals surface area contributed by atoms with E-state index < -0.39 is 0 Å². The summed E-state index contributed by atoms with van der Waals surface area (Å²) in [5.74, 6) is 2.22. The molecule has 0 radical (unpaired) electrons. The fourth-order valence-electron chi connectivity index (χ4n) is 2.31. The molecule has 2 N–H and O–H groups in total. The van der Waals surface area contributed by atoms with Crippen LogP contribution in [0.1, 0.15) is 5.56 Å². The Balaban J connectivity index is 2.51. The second-order valence-corrected chi connectivity index (χ2v) is 4.64. The molecule has 0 aliphatic carbocycles. The topological polar surface area (TPSA) is 53.7 Å².